The molecule has 6 nitrogen and oxygen atoms in total. The van der Waals surface area contributed by atoms with E-state index in [-0.39, 0.29) is 19.6 Å². The molecule has 0 unspecified atom stereocenters. The van der Waals surface area contributed by atoms with E-state index in [1.807, 2.05) is 0 Å². The van der Waals surface area contributed by atoms with E-state index in [2.05, 4.69) is 0 Å². The zero-order valence-corrected chi connectivity index (χ0v) is 16.4. The third kappa shape index (κ3) is 6.11. The maximum Gasteiger partial charge on any atom is 0.306 e. The second kappa shape index (κ2) is 11.1. The van der Waals surface area contributed by atoms with Gasteiger partial charge in [-0.25, -0.2) is 0 Å². The van der Waals surface area contributed by atoms with Crippen molar-refractivity contribution in [2.24, 2.45) is 0 Å². The van der Waals surface area contributed by atoms with Crippen LogP contribution in [0.2, 0.25) is 0 Å². The van der Waals surface area contributed by atoms with Gasteiger partial charge in [0.2, 0.25) is 0 Å². The second-order valence-electron chi connectivity index (χ2n) is 6.19. The van der Waals surface area contributed by atoms with E-state index in [1.54, 1.807) is 60.7 Å². The van der Waals surface area contributed by atoms with E-state index >= 15 is 0 Å². The average Bonchev–Trinajstić information content (AvgIpc) is 3.01. The summed E-state index contributed by atoms with van der Waals surface area (Å²) in [5.74, 6) is -0.865. The number of benzene rings is 2. The summed E-state index contributed by atoms with van der Waals surface area (Å²) in [4.78, 5) is 12.2. The number of esters is 1. The van der Waals surface area contributed by atoms with Crippen molar-refractivity contribution in [2.75, 3.05) is 13.7 Å². The van der Waals surface area contributed by atoms with Gasteiger partial charge in [-0.15, -0.1) is 0 Å². The predicted molar refractivity (Wildman–Crippen MR) is 107 cm³/mol. The highest BCUT2D eigenvalue weighted by atomic mass is 16.7. The Labute approximate surface area is 178 Å². The first-order valence-electron chi connectivity index (χ1n) is 11.8. The van der Waals surface area contributed by atoms with E-state index in [0.29, 0.717) is 11.1 Å². The van der Waals surface area contributed by atoms with Crippen molar-refractivity contribution in [3.8, 4) is 0 Å². The van der Waals surface area contributed by atoms with Gasteiger partial charge in [-0.1, -0.05) is 67.6 Å². The fourth-order valence-corrected chi connectivity index (χ4v) is 2.57. The summed E-state index contributed by atoms with van der Waals surface area (Å²) in [5.41, 5.74) is 1.21. The molecule has 0 amide bonds. The molecule has 1 heterocycles. The van der Waals surface area contributed by atoms with Crippen LogP contribution >= 0.6 is 0 Å². The Kier molecular flexibility index (Phi) is 5.94. The summed E-state index contributed by atoms with van der Waals surface area (Å²) in [6, 6.07) is 17.3. The number of hydrogen-bond acceptors (Lipinski definition) is 6. The standard InChI is InChI=1S/C23H28O6/c1-3-20(24)29-22-21(27-15-18-12-8-5-9-13-18)19(28-23(22)25-2)16-26-14-17-10-6-4-7-11-17/h4-13,19,21-23H,3,14-16H2,1-2H3/t19-,21-,22-,23-/m1/s1/i16D2,19D,21D,22D. The number of rotatable bonds is 10. The molecule has 3 rings (SSSR count). The number of carbonyl (C=O) groups excluding carboxylic acids is 1. The number of ether oxygens (including phenoxy) is 5. The molecular weight excluding hydrogens is 372 g/mol. The smallest absolute Gasteiger partial charge is 0.306 e. The lowest BCUT2D eigenvalue weighted by Crippen LogP contribution is -2.40. The van der Waals surface area contributed by atoms with Crippen LogP contribution in [-0.4, -0.2) is 44.2 Å². The molecule has 0 N–H and O–H groups in total. The molecule has 0 spiro atoms. The van der Waals surface area contributed by atoms with Gasteiger partial charge in [0.25, 0.3) is 0 Å². The van der Waals surface area contributed by atoms with Gasteiger partial charge in [-0.3, -0.25) is 4.79 Å². The lowest BCUT2D eigenvalue weighted by atomic mass is 10.1. The van der Waals surface area contributed by atoms with Gasteiger partial charge in [0.15, 0.2) is 12.4 Å². The molecule has 1 aliphatic rings. The number of carbonyl (C=O) groups is 1. The Bertz CT molecular complexity index is 965. The largest absolute Gasteiger partial charge is 0.454 e. The van der Waals surface area contributed by atoms with Crippen molar-refractivity contribution in [1.29, 1.82) is 0 Å². The van der Waals surface area contributed by atoms with Crippen LogP contribution in [0.4, 0.5) is 0 Å². The minimum absolute atomic E-state index is 0.131. The molecule has 0 bridgehead atoms. The highest BCUT2D eigenvalue weighted by Gasteiger charge is 2.48. The van der Waals surface area contributed by atoms with Crippen LogP contribution in [-0.2, 0) is 41.7 Å². The molecule has 6 heteroatoms. The molecular formula is C23H28O6. The van der Waals surface area contributed by atoms with E-state index < -0.39 is 37.1 Å². The molecule has 0 saturated carbocycles. The highest BCUT2D eigenvalue weighted by Crippen LogP contribution is 2.29. The topological polar surface area (TPSA) is 63.2 Å². The summed E-state index contributed by atoms with van der Waals surface area (Å²) in [6.45, 7) is -2.02. The van der Waals surface area contributed by atoms with Crippen LogP contribution in [0.5, 0.6) is 0 Å². The molecule has 0 aliphatic carbocycles. The lowest BCUT2D eigenvalue weighted by Gasteiger charge is -2.24. The first-order chi connectivity index (χ1) is 16.0. The molecule has 0 aromatic heterocycles. The zero-order valence-electron chi connectivity index (χ0n) is 21.4. The molecule has 2 aromatic carbocycles. The Morgan fingerprint density at radius 2 is 1.66 bits per heavy atom. The normalized spacial score (nSPS) is 34.4. The van der Waals surface area contributed by atoms with Gasteiger partial charge < -0.3 is 23.7 Å². The van der Waals surface area contributed by atoms with Crippen LogP contribution in [0.15, 0.2) is 60.7 Å². The van der Waals surface area contributed by atoms with Crippen molar-refractivity contribution in [2.45, 2.75) is 51.1 Å². The fourth-order valence-electron chi connectivity index (χ4n) is 2.57. The molecule has 156 valence electrons. The van der Waals surface area contributed by atoms with E-state index in [9.17, 15) is 4.79 Å². The van der Waals surface area contributed by atoms with Crippen LogP contribution in [0.3, 0.4) is 0 Å². The van der Waals surface area contributed by atoms with Crippen LogP contribution in [0, 0.1) is 0 Å². The van der Waals surface area contributed by atoms with Gasteiger partial charge in [-0.05, 0) is 11.1 Å². The maximum absolute atomic E-state index is 12.2. The van der Waals surface area contributed by atoms with Crippen molar-refractivity contribution in [1.82, 2.24) is 0 Å². The van der Waals surface area contributed by atoms with Crippen molar-refractivity contribution in [3.05, 3.63) is 71.8 Å². The minimum Gasteiger partial charge on any atom is -0.454 e. The third-order valence-electron chi connectivity index (χ3n) is 4.07. The van der Waals surface area contributed by atoms with Crippen LogP contribution in [0.1, 0.15) is 31.3 Å². The monoisotopic (exact) mass is 405 g/mol. The van der Waals surface area contributed by atoms with Gasteiger partial charge >= 0.3 is 5.97 Å². The van der Waals surface area contributed by atoms with E-state index in [0.717, 1.165) is 7.11 Å². The maximum atomic E-state index is 12.2. The number of methoxy groups -OCH3 is 1. The quantitative estimate of drug-likeness (QED) is 0.564. The highest BCUT2D eigenvalue weighted by molar-refractivity contribution is 5.69. The van der Waals surface area contributed by atoms with Crippen molar-refractivity contribution < 1.29 is 35.3 Å². The average molecular weight is 406 g/mol. The van der Waals surface area contributed by atoms with E-state index in [4.69, 9.17) is 30.5 Å². The molecule has 0 radical (unpaired) electrons. The summed E-state index contributed by atoms with van der Waals surface area (Å²) in [5, 5.41) is 0. The number of hydrogen-bond donors (Lipinski definition) is 0. The Morgan fingerprint density at radius 1 is 1.03 bits per heavy atom. The zero-order chi connectivity index (χ0) is 25.0. The summed E-state index contributed by atoms with van der Waals surface area (Å²) >= 11 is 0. The predicted octanol–water partition coefficient (Wildman–Crippen LogP) is 3.48. The fraction of sp³-hybridized carbons (Fsp3) is 0.435. The summed E-state index contributed by atoms with van der Waals surface area (Å²) in [7, 11) is 1.14. The first-order valence-corrected chi connectivity index (χ1v) is 9.31. The van der Waals surface area contributed by atoms with Gasteiger partial charge in [0.1, 0.15) is 12.2 Å². The molecule has 2 aromatic rings. The molecule has 1 saturated heterocycles. The summed E-state index contributed by atoms with van der Waals surface area (Å²) < 4.78 is 70.9. The Morgan fingerprint density at radius 3 is 2.24 bits per heavy atom. The van der Waals surface area contributed by atoms with Crippen LogP contribution < -0.4 is 0 Å². The Balaban J connectivity index is 2.01. The molecule has 1 aliphatic heterocycles. The molecule has 4 atom stereocenters. The van der Waals surface area contributed by atoms with Crippen LogP contribution in [0.25, 0.3) is 0 Å². The SMILES string of the molecule is [2H]C([2H])(OCc1ccccc1)[C@@]1([2H])O[C@@H](OC)[C@]([2H])(OC(=O)CC)[C@]1([2H])OCc1ccccc1. The van der Waals surface area contributed by atoms with Gasteiger partial charge in [0.05, 0.1) is 26.6 Å². The van der Waals surface area contributed by atoms with Gasteiger partial charge in [-0.2, -0.15) is 0 Å². The van der Waals surface area contributed by atoms with Crippen molar-refractivity contribution >= 4 is 5.97 Å². The Hall–Kier alpha value is -2.25. The molecule has 1 fully saturated rings. The second-order valence-corrected chi connectivity index (χ2v) is 6.19. The first kappa shape index (κ1) is 15.6. The van der Waals surface area contributed by atoms with Gasteiger partial charge in [0, 0.05) is 13.5 Å². The third-order valence-corrected chi connectivity index (χ3v) is 4.07. The lowest BCUT2D eigenvalue weighted by molar-refractivity contribution is -0.182. The summed E-state index contributed by atoms with van der Waals surface area (Å²) in [6.07, 6.45) is -10.6. The van der Waals surface area contributed by atoms with Crippen molar-refractivity contribution in [3.63, 3.8) is 0 Å². The van der Waals surface area contributed by atoms with E-state index in [1.165, 1.54) is 6.92 Å². The molecule has 29 heavy (non-hydrogen) atoms. The minimum atomic E-state index is -2.99.